The quantitative estimate of drug-likeness (QED) is 0.177. The number of hydrogen-bond acceptors (Lipinski definition) is 2. The summed E-state index contributed by atoms with van der Waals surface area (Å²) in [5, 5.41) is 7.91. The Morgan fingerprint density at radius 2 is 1.31 bits per heavy atom. The van der Waals surface area contributed by atoms with Crippen LogP contribution in [0, 0.1) is 0 Å². The van der Waals surface area contributed by atoms with Gasteiger partial charge in [-0.3, -0.25) is 0 Å². The lowest BCUT2D eigenvalue weighted by molar-refractivity contribution is 0.690. The van der Waals surface area contributed by atoms with Crippen molar-refractivity contribution >= 4 is 43.7 Å². The number of nitrogen functional groups attached to an aromatic ring is 1. The number of anilines is 2. The molecule has 1 aliphatic heterocycles. The average molecular weight is 545 g/mol. The third-order valence-electron chi connectivity index (χ3n) is 8.78. The number of fused-ring (bicyclic) bond motifs is 6. The minimum Gasteiger partial charge on any atom is -0.398 e. The van der Waals surface area contributed by atoms with Gasteiger partial charge in [0.05, 0.1) is 0 Å². The number of nitrogens with zero attached hydrogens (tertiary/aromatic N) is 1. The largest absolute Gasteiger partial charge is 0.398 e. The van der Waals surface area contributed by atoms with Gasteiger partial charge in [0.2, 0.25) is 0 Å². The molecule has 0 saturated heterocycles. The molecule has 2 aliphatic rings. The molecule has 0 atom stereocenters. The van der Waals surface area contributed by atoms with Crippen molar-refractivity contribution in [2.75, 3.05) is 17.2 Å². The van der Waals surface area contributed by atoms with Crippen LogP contribution >= 0.6 is 0 Å². The Bertz CT molecular complexity index is 1940. The summed E-state index contributed by atoms with van der Waals surface area (Å²) in [4.78, 5) is 2.31. The van der Waals surface area contributed by atoms with Crippen molar-refractivity contribution in [2.24, 2.45) is 0 Å². The molecule has 206 valence electrons. The van der Waals surface area contributed by atoms with Crippen molar-refractivity contribution in [3.05, 3.63) is 156 Å². The van der Waals surface area contributed by atoms with Crippen molar-refractivity contribution in [3.8, 4) is 0 Å². The van der Waals surface area contributed by atoms with E-state index in [4.69, 9.17) is 5.73 Å². The molecular weight excluding hydrogens is 508 g/mol. The summed E-state index contributed by atoms with van der Waals surface area (Å²) in [6, 6.07) is 41.0. The molecule has 2 N–H and O–H groups in total. The molecule has 0 unspecified atom stereocenters. The third kappa shape index (κ3) is 5.17. The van der Waals surface area contributed by atoms with E-state index in [0.29, 0.717) is 0 Å². The van der Waals surface area contributed by atoms with E-state index in [9.17, 15) is 0 Å². The van der Waals surface area contributed by atoms with Crippen molar-refractivity contribution in [3.63, 3.8) is 0 Å². The molecule has 42 heavy (non-hydrogen) atoms. The first-order valence-corrected chi connectivity index (χ1v) is 15.1. The van der Waals surface area contributed by atoms with Gasteiger partial charge in [0.1, 0.15) is 0 Å². The molecule has 2 nitrogen and oxygen atoms in total. The fourth-order valence-corrected chi connectivity index (χ4v) is 6.66. The molecule has 8 rings (SSSR count). The molecule has 2 heteroatoms. The first kappa shape index (κ1) is 26.1. The number of para-hydroxylation sites is 1. The van der Waals surface area contributed by atoms with Crippen molar-refractivity contribution in [1.82, 2.24) is 0 Å². The van der Waals surface area contributed by atoms with Gasteiger partial charge in [0, 0.05) is 29.5 Å². The summed E-state index contributed by atoms with van der Waals surface area (Å²) in [7, 11) is 0. The molecule has 6 aromatic rings. The van der Waals surface area contributed by atoms with E-state index < -0.39 is 0 Å². The summed E-state index contributed by atoms with van der Waals surface area (Å²) < 4.78 is 0. The predicted octanol–water partition coefficient (Wildman–Crippen LogP) is 9.80. The van der Waals surface area contributed by atoms with Crippen LogP contribution in [0.1, 0.15) is 29.5 Å². The van der Waals surface area contributed by atoms with Crippen LogP contribution in [-0.4, -0.2) is 6.54 Å². The lowest BCUT2D eigenvalue weighted by Gasteiger charge is -2.25. The Kier molecular flexibility index (Phi) is 7.20. The maximum absolute atomic E-state index is 6.09. The van der Waals surface area contributed by atoms with Crippen LogP contribution < -0.4 is 10.6 Å². The SMILES string of the molecule is C1=CN(c2ccccc2)CC(Cc2cccc3ccccc23)=C1.Nc1cccc2c1ccc1c3c(ccc12)CCCC3. The van der Waals surface area contributed by atoms with Gasteiger partial charge in [-0.15, -0.1) is 0 Å². The minimum absolute atomic E-state index is 0.872. The van der Waals surface area contributed by atoms with Crippen LogP contribution in [-0.2, 0) is 19.3 Å². The average Bonchev–Trinajstić information content (AvgIpc) is 3.06. The molecule has 1 heterocycles. The minimum atomic E-state index is 0.872. The van der Waals surface area contributed by atoms with E-state index in [0.717, 1.165) is 18.7 Å². The molecule has 0 spiro atoms. The van der Waals surface area contributed by atoms with E-state index in [1.165, 1.54) is 74.8 Å². The van der Waals surface area contributed by atoms with E-state index >= 15 is 0 Å². The van der Waals surface area contributed by atoms with Gasteiger partial charge in [-0.2, -0.15) is 0 Å². The van der Waals surface area contributed by atoms with Gasteiger partial charge in [-0.1, -0.05) is 103 Å². The van der Waals surface area contributed by atoms with Crippen LogP contribution in [0.25, 0.3) is 32.3 Å². The first-order valence-electron chi connectivity index (χ1n) is 15.1. The lowest BCUT2D eigenvalue weighted by Crippen LogP contribution is -2.22. The number of benzene rings is 6. The Morgan fingerprint density at radius 1 is 0.595 bits per heavy atom. The number of allylic oxidation sites excluding steroid dienone is 2. The highest BCUT2D eigenvalue weighted by Crippen LogP contribution is 2.34. The molecule has 0 amide bonds. The summed E-state index contributed by atoms with van der Waals surface area (Å²) in [5.74, 6) is 0. The molecule has 1 aliphatic carbocycles. The maximum Gasteiger partial charge on any atom is 0.0441 e. The normalized spacial score (nSPS) is 14.4. The zero-order chi connectivity index (χ0) is 28.3. The fourth-order valence-electron chi connectivity index (χ4n) is 6.66. The van der Waals surface area contributed by atoms with E-state index in [1.54, 1.807) is 11.1 Å². The predicted molar refractivity (Wildman–Crippen MR) is 181 cm³/mol. The molecule has 6 aromatic carbocycles. The van der Waals surface area contributed by atoms with E-state index in [-0.39, 0.29) is 0 Å². The zero-order valence-electron chi connectivity index (χ0n) is 24.0. The van der Waals surface area contributed by atoms with E-state index in [2.05, 4.69) is 132 Å². The second kappa shape index (κ2) is 11.6. The summed E-state index contributed by atoms with van der Waals surface area (Å²) in [6.45, 7) is 0.948. The highest BCUT2D eigenvalue weighted by atomic mass is 15.1. The van der Waals surface area contributed by atoms with Crippen molar-refractivity contribution < 1.29 is 0 Å². The van der Waals surface area contributed by atoms with Gasteiger partial charge in [-0.05, 0) is 106 Å². The zero-order valence-corrected chi connectivity index (χ0v) is 24.0. The van der Waals surface area contributed by atoms with Crippen molar-refractivity contribution in [2.45, 2.75) is 32.1 Å². The molecule has 0 fully saturated rings. The van der Waals surface area contributed by atoms with Crippen LogP contribution in [0.4, 0.5) is 11.4 Å². The molecular formula is C40H36N2. The van der Waals surface area contributed by atoms with Gasteiger partial charge < -0.3 is 10.6 Å². The molecule has 0 saturated carbocycles. The Balaban J connectivity index is 0.000000139. The highest BCUT2D eigenvalue weighted by Gasteiger charge is 2.14. The smallest absolute Gasteiger partial charge is 0.0441 e. The summed E-state index contributed by atoms with van der Waals surface area (Å²) >= 11 is 0. The van der Waals surface area contributed by atoms with Crippen molar-refractivity contribution in [1.29, 1.82) is 0 Å². The van der Waals surface area contributed by atoms with Crippen LogP contribution in [0.5, 0.6) is 0 Å². The second-order valence-electron chi connectivity index (χ2n) is 11.5. The Hall–Kier alpha value is -4.82. The monoisotopic (exact) mass is 544 g/mol. The maximum atomic E-state index is 6.09. The number of nitrogens with two attached hydrogens (primary N) is 1. The Labute approximate surface area is 248 Å². The van der Waals surface area contributed by atoms with Gasteiger partial charge >= 0.3 is 0 Å². The van der Waals surface area contributed by atoms with Gasteiger partial charge in [-0.25, -0.2) is 0 Å². The summed E-state index contributed by atoms with van der Waals surface area (Å²) in [6.07, 6.45) is 12.7. The van der Waals surface area contributed by atoms with Gasteiger partial charge in [0.15, 0.2) is 0 Å². The van der Waals surface area contributed by atoms with E-state index in [1.807, 2.05) is 6.07 Å². The highest BCUT2D eigenvalue weighted by molar-refractivity contribution is 6.12. The first-order chi connectivity index (χ1) is 20.7. The van der Waals surface area contributed by atoms with Crippen LogP contribution in [0.3, 0.4) is 0 Å². The standard InChI is InChI=1S/C22H19N.C18H17N/c1-2-12-21(13-3-1)23-15-7-8-18(17-23)16-20-11-6-10-19-9-4-5-14-22(19)20;19-18-7-3-6-14-16-9-8-12-4-1-2-5-13(12)15(16)10-11-17(14)18/h1-15H,16-17H2;3,6-11H,1-2,4-5,19H2. The Morgan fingerprint density at radius 3 is 2.24 bits per heavy atom. The number of rotatable bonds is 3. The lowest BCUT2D eigenvalue weighted by atomic mass is 9.86. The topological polar surface area (TPSA) is 29.3 Å². The number of hydrogen-bond donors (Lipinski definition) is 1. The van der Waals surface area contributed by atoms with Crippen LogP contribution in [0.2, 0.25) is 0 Å². The summed E-state index contributed by atoms with van der Waals surface area (Å²) in [5.41, 5.74) is 14.1. The molecule has 0 radical (unpaired) electrons. The number of aryl methyl sites for hydroxylation is 2. The second-order valence-corrected chi connectivity index (χ2v) is 11.5. The van der Waals surface area contributed by atoms with Gasteiger partial charge in [0.25, 0.3) is 0 Å². The third-order valence-corrected chi connectivity index (χ3v) is 8.78. The fraction of sp³-hybridized carbons (Fsp3) is 0.150. The molecule has 0 bridgehead atoms. The van der Waals surface area contributed by atoms with Crippen LogP contribution in [0.15, 0.2) is 139 Å². The molecule has 0 aromatic heterocycles.